The van der Waals surface area contributed by atoms with Gasteiger partial charge in [-0.15, -0.1) is 0 Å². The zero-order chi connectivity index (χ0) is 20.5. The smallest absolute Gasteiger partial charge is 0.236 e. The highest BCUT2D eigenvalue weighted by atomic mass is 16.2. The number of hydrogen-bond acceptors (Lipinski definition) is 3. The molecule has 0 unspecified atom stereocenters. The van der Waals surface area contributed by atoms with Crippen LogP contribution in [0.5, 0.6) is 0 Å². The van der Waals surface area contributed by atoms with Crippen molar-refractivity contribution < 1.29 is 9.59 Å². The van der Waals surface area contributed by atoms with Crippen LogP contribution in [0.4, 0.5) is 5.69 Å². The number of benzene rings is 2. The van der Waals surface area contributed by atoms with Crippen LogP contribution in [0.15, 0.2) is 85.2 Å². The lowest BCUT2D eigenvalue weighted by molar-refractivity contribution is -0.134. The van der Waals surface area contributed by atoms with Crippen LogP contribution in [0, 0.1) is 0 Å². The Kier molecular flexibility index (Phi) is 7.11. The van der Waals surface area contributed by atoms with E-state index in [4.69, 9.17) is 0 Å². The normalized spacial score (nSPS) is 10.4. The summed E-state index contributed by atoms with van der Waals surface area (Å²) in [6.45, 7) is 0.984. The van der Waals surface area contributed by atoms with Crippen molar-refractivity contribution in [1.29, 1.82) is 0 Å². The molecule has 5 nitrogen and oxygen atoms in total. The van der Waals surface area contributed by atoms with Crippen molar-refractivity contribution in [2.75, 3.05) is 18.5 Å². The van der Waals surface area contributed by atoms with Crippen molar-refractivity contribution in [2.24, 2.45) is 0 Å². The van der Waals surface area contributed by atoms with Crippen molar-refractivity contribution in [1.82, 2.24) is 9.88 Å². The van der Waals surface area contributed by atoms with E-state index in [-0.39, 0.29) is 18.2 Å². The third kappa shape index (κ3) is 6.01. The van der Waals surface area contributed by atoms with Crippen LogP contribution >= 0.6 is 0 Å². The number of carbonyl (C=O) groups is 2. The van der Waals surface area contributed by atoms with Gasteiger partial charge in [0.1, 0.15) is 6.42 Å². The lowest BCUT2D eigenvalue weighted by Crippen LogP contribution is -2.37. The summed E-state index contributed by atoms with van der Waals surface area (Å²) >= 11 is 0. The van der Waals surface area contributed by atoms with Crippen LogP contribution in [0.3, 0.4) is 0 Å². The van der Waals surface area contributed by atoms with E-state index in [0.29, 0.717) is 13.1 Å². The Bertz CT molecular complexity index is 915. The summed E-state index contributed by atoms with van der Waals surface area (Å²) in [5.41, 5.74) is 2.91. The van der Waals surface area contributed by atoms with Crippen LogP contribution in [0.2, 0.25) is 0 Å². The summed E-state index contributed by atoms with van der Waals surface area (Å²) < 4.78 is 0. The number of nitrogens with zero attached hydrogens (tertiary/aromatic N) is 3. The van der Waals surface area contributed by atoms with Crippen LogP contribution in [-0.4, -0.2) is 35.3 Å². The van der Waals surface area contributed by atoms with Crippen molar-refractivity contribution >= 4 is 17.5 Å². The Morgan fingerprint density at radius 2 is 1.41 bits per heavy atom. The van der Waals surface area contributed by atoms with Crippen molar-refractivity contribution in [3.05, 3.63) is 96.3 Å². The van der Waals surface area contributed by atoms with Crippen LogP contribution < -0.4 is 4.90 Å². The molecule has 5 heteroatoms. The molecule has 0 radical (unpaired) electrons. The van der Waals surface area contributed by atoms with E-state index in [9.17, 15) is 9.59 Å². The highest BCUT2D eigenvalue weighted by molar-refractivity contribution is 6.04. The molecule has 0 aliphatic heterocycles. The minimum Gasteiger partial charge on any atom is -0.345 e. The maximum absolute atomic E-state index is 13.0. The Morgan fingerprint density at radius 1 is 0.793 bits per heavy atom. The number of amides is 2. The first-order chi connectivity index (χ1) is 14.1. The van der Waals surface area contributed by atoms with Crippen molar-refractivity contribution in [3.8, 4) is 0 Å². The predicted molar refractivity (Wildman–Crippen MR) is 114 cm³/mol. The summed E-state index contributed by atoms with van der Waals surface area (Å²) in [7, 11) is 1.74. The van der Waals surface area contributed by atoms with Gasteiger partial charge in [-0.05, 0) is 41.8 Å². The first-order valence-corrected chi connectivity index (χ1v) is 9.65. The van der Waals surface area contributed by atoms with E-state index in [0.717, 1.165) is 23.2 Å². The number of likely N-dealkylation sites (N-methyl/N-ethyl adjacent to an activating group) is 1. The average molecular weight is 387 g/mol. The van der Waals surface area contributed by atoms with E-state index >= 15 is 0 Å². The molecule has 1 aromatic heterocycles. The number of aromatic nitrogens is 1. The number of rotatable bonds is 8. The number of anilines is 1. The molecule has 0 bridgehead atoms. The molecule has 148 valence electrons. The zero-order valence-corrected chi connectivity index (χ0v) is 16.6. The molecule has 0 fully saturated rings. The summed E-state index contributed by atoms with van der Waals surface area (Å²) in [5.74, 6) is -0.390. The fraction of sp³-hybridized carbons (Fsp3) is 0.208. The first-order valence-electron chi connectivity index (χ1n) is 9.65. The molecule has 2 aromatic carbocycles. The molecular weight excluding hydrogens is 362 g/mol. The molecular formula is C24H25N3O2. The van der Waals surface area contributed by atoms with Gasteiger partial charge < -0.3 is 9.80 Å². The lowest BCUT2D eigenvalue weighted by atomic mass is 10.1. The molecule has 2 amide bonds. The Morgan fingerprint density at radius 3 is 2.07 bits per heavy atom. The Hall–Kier alpha value is -3.47. The van der Waals surface area contributed by atoms with Crippen molar-refractivity contribution in [2.45, 2.75) is 19.4 Å². The SMILES string of the molecule is CN(CCc1ccncc1)C(=O)CC(=O)N(Cc1ccccc1)c1ccccc1. The number of pyridine rings is 1. The van der Waals surface area contributed by atoms with Crippen LogP contribution in [0.25, 0.3) is 0 Å². The molecule has 0 N–H and O–H groups in total. The van der Waals surface area contributed by atoms with E-state index in [2.05, 4.69) is 4.98 Å². The van der Waals surface area contributed by atoms with Crippen LogP contribution in [0.1, 0.15) is 17.5 Å². The summed E-state index contributed by atoms with van der Waals surface area (Å²) in [4.78, 5) is 32.9. The fourth-order valence-electron chi connectivity index (χ4n) is 3.03. The molecule has 0 spiro atoms. The van der Waals surface area contributed by atoms with Gasteiger partial charge in [0.2, 0.25) is 11.8 Å². The van der Waals surface area contributed by atoms with E-state index in [1.165, 1.54) is 0 Å². The standard InChI is InChI=1S/C24H25N3O2/c1-26(17-14-20-12-15-25-16-13-20)23(28)18-24(29)27(22-10-6-3-7-11-22)19-21-8-4-2-5-9-21/h2-13,15-16H,14,17-19H2,1H3. The van der Waals surface area contributed by atoms with Gasteiger partial charge in [0.05, 0.1) is 6.54 Å². The zero-order valence-electron chi connectivity index (χ0n) is 16.6. The van der Waals surface area contributed by atoms with Gasteiger partial charge in [0, 0.05) is 31.7 Å². The van der Waals surface area contributed by atoms with Crippen molar-refractivity contribution in [3.63, 3.8) is 0 Å². The Labute approximate surface area is 171 Å². The van der Waals surface area contributed by atoms with Gasteiger partial charge in [-0.3, -0.25) is 14.6 Å². The van der Waals surface area contributed by atoms with Gasteiger partial charge in [0.15, 0.2) is 0 Å². The number of hydrogen-bond donors (Lipinski definition) is 0. The van der Waals surface area contributed by atoms with E-state index in [1.54, 1.807) is 29.2 Å². The molecule has 29 heavy (non-hydrogen) atoms. The lowest BCUT2D eigenvalue weighted by Gasteiger charge is -2.24. The highest BCUT2D eigenvalue weighted by Crippen LogP contribution is 2.18. The predicted octanol–water partition coefficient (Wildman–Crippen LogP) is 3.71. The quantitative estimate of drug-likeness (QED) is 0.554. The largest absolute Gasteiger partial charge is 0.345 e. The second-order valence-electron chi connectivity index (χ2n) is 6.90. The minimum absolute atomic E-state index is 0.158. The highest BCUT2D eigenvalue weighted by Gasteiger charge is 2.21. The molecule has 0 atom stereocenters. The molecule has 1 heterocycles. The van der Waals surface area contributed by atoms with Gasteiger partial charge in [-0.2, -0.15) is 0 Å². The van der Waals surface area contributed by atoms with Gasteiger partial charge in [-0.1, -0.05) is 48.5 Å². The van der Waals surface area contributed by atoms with Gasteiger partial charge in [-0.25, -0.2) is 0 Å². The average Bonchev–Trinajstić information content (AvgIpc) is 2.77. The fourth-order valence-corrected chi connectivity index (χ4v) is 3.03. The summed E-state index contributed by atoms with van der Waals surface area (Å²) in [6, 6.07) is 23.1. The maximum Gasteiger partial charge on any atom is 0.236 e. The molecule has 0 saturated carbocycles. The van der Waals surface area contributed by atoms with Crippen LogP contribution in [-0.2, 0) is 22.6 Å². The van der Waals surface area contributed by atoms with Gasteiger partial charge in [0.25, 0.3) is 0 Å². The summed E-state index contributed by atoms with van der Waals surface area (Å²) in [5, 5.41) is 0. The monoisotopic (exact) mass is 387 g/mol. The maximum atomic E-state index is 13.0. The second kappa shape index (κ2) is 10.2. The van der Waals surface area contributed by atoms with Gasteiger partial charge >= 0.3 is 0 Å². The third-order valence-electron chi connectivity index (χ3n) is 4.77. The number of carbonyl (C=O) groups excluding carboxylic acids is 2. The molecule has 3 aromatic rings. The second-order valence-corrected chi connectivity index (χ2v) is 6.90. The topological polar surface area (TPSA) is 53.5 Å². The summed E-state index contributed by atoms with van der Waals surface area (Å²) in [6.07, 6.45) is 4.05. The molecule has 3 rings (SSSR count). The molecule has 0 aliphatic carbocycles. The molecule has 0 aliphatic rings. The molecule has 0 saturated heterocycles. The Balaban J connectivity index is 1.64. The first kappa shape index (κ1) is 20.3. The van der Waals surface area contributed by atoms with E-state index in [1.807, 2.05) is 72.8 Å². The van der Waals surface area contributed by atoms with E-state index < -0.39 is 0 Å². The number of para-hydroxylation sites is 1. The third-order valence-corrected chi connectivity index (χ3v) is 4.77. The minimum atomic E-state index is -0.208.